The predicted molar refractivity (Wildman–Crippen MR) is 124 cm³/mol. The summed E-state index contributed by atoms with van der Waals surface area (Å²) in [6.07, 6.45) is 0.929. The van der Waals surface area contributed by atoms with Gasteiger partial charge in [0.15, 0.2) is 11.3 Å². The predicted octanol–water partition coefficient (Wildman–Crippen LogP) is 0.382. The molecule has 35 heavy (non-hydrogen) atoms. The number of methoxy groups -OCH3 is 1. The van der Waals surface area contributed by atoms with Gasteiger partial charge in [-0.1, -0.05) is 25.5 Å². The highest BCUT2D eigenvalue weighted by molar-refractivity contribution is 6.15. The average molecular weight is 492 g/mol. The lowest BCUT2D eigenvalue weighted by Crippen LogP contribution is -2.73. The van der Waals surface area contributed by atoms with Crippen molar-refractivity contribution in [3.8, 4) is 5.75 Å². The molecular formula is C24H33N3O8. The lowest BCUT2D eigenvalue weighted by atomic mass is 9.79. The van der Waals surface area contributed by atoms with E-state index in [0.29, 0.717) is 24.3 Å². The third-order valence-corrected chi connectivity index (χ3v) is 5.94. The second-order valence-electron chi connectivity index (χ2n) is 8.49. The molecule has 11 heteroatoms. The van der Waals surface area contributed by atoms with E-state index in [0.717, 1.165) is 18.4 Å². The zero-order valence-electron chi connectivity index (χ0n) is 20.3. The first-order valence-corrected chi connectivity index (χ1v) is 11.4. The molecule has 0 radical (unpaired) electrons. The number of benzene rings is 1. The first kappa shape index (κ1) is 27.9. The molecule has 0 bridgehead atoms. The van der Waals surface area contributed by atoms with Crippen LogP contribution in [0.15, 0.2) is 24.3 Å². The third-order valence-electron chi connectivity index (χ3n) is 5.94. The van der Waals surface area contributed by atoms with E-state index in [9.17, 15) is 29.1 Å². The van der Waals surface area contributed by atoms with Crippen molar-refractivity contribution in [3.63, 3.8) is 0 Å². The summed E-state index contributed by atoms with van der Waals surface area (Å²) in [6.45, 7) is 3.32. The summed E-state index contributed by atoms with van der Waals surface area (Å²) in [5.74, 6) is -3.58. The van der Waals surface area contributed by atoms with Gasteiger partial charge in [-0.3, -0.25) is 28.9 Å². The van der Waals surface area contributed by atoms with E-state index < -0.39 is 54.1 Å². The molecular weight excluding hydrogens is 458 g/mol. The van der Waals surface area contributed by atoms with Crippen LogP contribution in [0, 0.1) is 0 Å². The van der Waals surface area contributed by atoms with Gasteiger partial charge in [-0.05, 0) is 37.1 Å². The number of carbonyl (C=O) groups is 5. The van der Waals surface area contributed by atoms with Crippen molar-refractivity contribution >= 4 is 29.6 Å². The van der Waals surface area contributed by atoms with Crippen molar-refractivity contribution in [2.75, 3.05) is 33.3 Å². The van der Waals surface area contributed by atoms with E-state index in [2.05, 4.69) is 0 Å². The minimum atomic E-state index is -1.97. The van der Waals surface area contributed by atoms with E-state index in [1.54, 1.807) is 29.2 Å². The van der Waals surface area contributed by atoms with E-state index in [1.807, 2.05) is 6.92 Å². The Morgan fingerprint density at radius 3 is 2.37 bits per heavy atom. The largest absolute Gasteiger partial charge is 0.480 e. The molecule has 1 aromatic carbocycles. The Morgan fingerprint density at radius 1 is 1.17 bits per heavy atom. The second kappa shape index (κ2) is 12.4. The number of piperazine rings is 1. The van der Waals surface area contributed by atoms with Crippen molar-refractivity contribution < 1.29 is 38.6 Å². The summed E-state index contributed by atoms with van der Waals surface area (Å²) in [5, 5.41) is 9.27. The number of ether oxygens (including phenoxy) is 2. The summed E-state index contributed by atoms with van der Waals surface area (Å²) in [6, 6.07) is 5.24. The number of esters is 2. The minimum absolute atomic E-state index is 0.0515. The second-order valence-corrected chi connectivity index (χ2v) is 8.49. The first-order valence-electron chi connectivity index (χ1n) is 11.4. The van der Waals surface area contributed by atoms with Crippen LogP contribution in [0.3, 0.4) is 0 Å². The molecule has 1 aliphatic rings. The van der Waals surface area contributed by atoms with Crippen molar-refractivity contribution in [1.82, 2.24) is 9.80 Å². The zero-order valence-corrected chi connectivity index (χ0v) is 20.3. The Balaban J connectivity index is 2.42. The van der Waals surface area contributed by atoms with Gasteiger partial charge in [-0.15, -0.1) is 0 Å². The van der Waals surface area contributed by atoms with E-state index in [-0.39, 0.29) is 19.5 Å². The molecule has 1 amide bonds. The van der Waals surface area contributed by atoms with Gasteiger partial charge in [-0.2, -0.15) is 0 Å². The van der Waals surface area contributed by atoms with Crippen LogP contribution < -0.4 is 10.5 Å². The fourth-order valence-corrected chi connectivity index (χ4v) is 4.23. The van der Waals surface area contributed by atoms with Crippen LogP contribution in [0.25, 0.3) is 0 Å². The average Bonchev–Trinajstić information content (AvgIpc) is 2.81. The molecule has 2 atom stereocenters. The molecule has 0 saturated carbocycles. The van der Waals surface area contributed by atoms with Gasteiger partial charge < -0.3 is 25.2 Å². The SMILES string of the molecule is CCCCN1CCN(CC(=O)O)C(=O)C1(CC(=O)OC)C(=O)[C@@H](N)Cc1ccc(OC(C)=O)cc1. The molecule has 3 N–H and O–H groups in total. The number of carboxylic acid groups (broad SMARTS) is 1. The number of Topliss-reactive ketones (excluding diaryl/α,β-unsaturated/α-hetero) is 1. The molecule has 192 valence electrons. The number of aliphatic carboxylic acids is 1. The third kappa shape index (κ3) is 6.86. The molecule has 11 nitrogen and oxygen atoms in total. The summed E-state index contributed by atoms with van der Waals surface area (Å²) < 4.78 is 9.81. The number of ketones is 1. The zero-order chi connectivity index (χ0) is 26.2. The van der Waals surface area contributed by atoms with E-state index in [1.165, 1.54) is 6.92 Å². The van der Waals surface area contributed by atoms with Gasteiger partial charge in [0.2, 0.25) is 0 Å². The van der Waals surface area contributed by atoms with Gasteiger partial charge in [0.1, 0.15) is 12.3 Å². The molecule has 1 aromatic rings. The molecule has 2 rings (SSSR count). The number of hydrogen-bond donors (Lipinski definition) is 2. The highest BCUT2D eigenvalue weighted by Crippen LogP contribution is 2.31. The summed E-state index contributed by atoms with van der Waals surface area (Å²) in [5.41, 5.74) is 4.99. The minimum Gasteiger partial charge on any atom is -0.480 e. The standard InChI is InChI=1S/C24H33N3O8/c1-4-5-10-27-12-11-26(15-20(29)30)23(33)24(27,14-21(31)34-3)22(32)19(25)13-17-6-8-18(9-7-17)35-16(2)28/h6-9,19H,4-5,10-15,25H2,1-3H3,(H,29,30)/t19-,24?/m0/s1. The summed E-state index contributed by atoms with van der Waals surface area (Å²) in [7, 11) is 1.16. The van der Waals surface area contributed by atoms with Crippen molar-refractivity contribution in [1.29, 1.82) is 0 Å². The topological polar surface area (TPSA) is 157 Å². The molecule has 1 aliphatic heterocycles. The van der Waals surface area contributed by atoms with Gasteiger partial charge in [0, 0.05) is 20.0 Å². The van der Waals surface area contributed by atoms with Crippen LogP contribution in [-0.4, -0.2) is 89.4 Å². The van der Waals surface area contributed by atoms with Crippen LogP contribution in [0.4, 0.5) is 0 Å². The van der Waals surface area contributed by atoms with Crippen molar-refractivity contribution in [2.24, 2.45) is 5.73 Å². The summed E-state index contributed by atoms with van der Waals surface area (Å²) in [4.78, 5) is 65.1. The Bertz CT molecular complexity index is 949. The molecule has 1 heterocycles. The van der Waals surface area contributed by atoms with Gasteiger partial charge in [0.25, 0.3) is 5.91 Å². The number of nitrogens with zero attached hydrogens (tertiary/aromatic N) is 2. The maximum Gasteiger partial charge on any atom is 0.323 e. The van der Waals surface area contributed by atoms with Crippen molar-refractivity contribution in [2.45, 2.75) is 51.1 Å². The molecule has 0 aromatic heterocycles. The normalized spacial score (nSPS) is 19.2. The highest BCUT2D eigenvalue weighted by atomic mass is 16.5. The van der Waals surface area contributed by atoms with E-state index >= 15 is 0 Å². The smallest absolute Gasteiger partial charge is 0.323 e. The van der Waals surface area contributed by atoms with Crippen LogP contribution in [-0.2, 0) is 35.1 Å². The fraction of sp³-hybridized carbons (Fsp3) is 0.542. The number of rotatable bonds is 12. The Labute approximate surface area is 204 Å². The number of nitrogens with two attached hydrogens (primary N) is 1. The molecule has 1 unspecified atom stereocenters. The number of hydrogen-bond acceptors (Lipinski definition) is 9. The summed E-state index contributed by atoms with van der Waals surface area (Å²) >= 11 is 0. The Hall–Kier alpha value is -3.31. The molecule has 1 saturated heterocycles. The number of carbonyl (C=O) groups excluding carboxylic acids is 4. The van der Waals surface area contributed by atoms with Crippen LogP contribution in [0.1, 0.15) is 38.7 Å². The van der Waals surface area contributed by atoms with Crippen LogP contribution in [0.2, 0.25) is 0 Å². The molecule has 1 fully saturated rings. The quantitative estimate of drug-likeness (QED) is 0.238. The molecule has 0 spiro atoms. The first-order chi connectivity index (χ1) is 16.5. The monoisotopic (exact) mass is 491 g/mol. The van der Waals surface area contributed by atoms with E-state index in [4.69, 9.17) is 15.2 Å². The van der Waals surface area contributed by atoms with Gasteiger partial charge in [0.05, 0.1) is 19.6 Å². The van der Waals surface area contributed by atoms with Gasteiger partial charge >= 0.3 is 17.9 Å². The highest BCUT2D eigenvalue weighted by Gasteiger charge is 2.57. The number of carboxylic acids is 1. The maximum atomic E-state index is 13.9. The Kier molecular flexibility index (Phi) is 9.90. The van der Waals surface area contributed by atoms with Crippen molar-refractivity contribution in [3.05, 3.63) is 29.8 Å². The Morgan fingerprint density at radius 2 is 1.83 bits per heavy atom. The van der Waals surface area contributed by atoms with Crippen LogP contribution >= 0.6 is 0 Å². The maximum absolute atomic E-state index is 13.9. The lowest BCUT2D eigenvalue weighted by molar-refractivity contribution is -0.168. The lowest BCUT2D eigenvalue weighted by Gasteiger charge is -2.48. The molecule has 0 aliphatic carbocycles. The van der Waals surface area contributed by atoms with Crippen LogP contribution in [0.5, 0.6) is 5.75 Å². The fourth-order valence-electron chi connectivity index (χ4n) is 4.23. The number of unbranched alkanes of at least 4 members (excludes halogenated alkanes) is 1. The van der Waals surface area contributed by atoms with Gasteiger partial charge in [-0.25, -0.2) is 0 Å². The number of amides is 1.